The molecular formula is C25H33N11O2. The van der Waals surface area contributed by atoms with Crippen LogP contribution < -0.4 is 20.4 Å². The molecule has 0 radical (unpaired) electrons. The zero-order valence-corrected chi connectivity index (χ0v) is 21.9. The van der Waals surface area contributed by atoms with Crippen molar-refractivity contribution in [2.45, 2.75) is 51.5 Å². The van der Waals surface area contributed by atoms with Crippen LogP contribution in [0.3, 0.4) is 0 Å². The Morgan fingerprint density at radius 2 is 1.87 bits per heavy atom. The number of amides is 1. The predicted octanol–water partition coefficient (Wildman–Crippen LogP) is 2.48. The van der Waals surface area contributed by atoms with Crippen LogP contribution in [-0.4, -0.2) is 79.4 Å². The number of ether oxygens (including phenoxy) is 1. The van der Waals surface area contributed by atoms with Gasteiger partial charge < -0.3 is 25.2 Å². The van der Waals surface area contributed by atoms with Crippen LogP contribution in [0.4, 0.5) is 29.5 Å². The Morgan fingerprint density at radius 1 is 1.08 bits per heavy atom. The van der Waals surface area contributed by atoms with E-state index >= 15 is 0 Å². The van der Waals surface area contributed by atoms with Crippen LogP contribution in [0, 0.1) is 5.41 Å². The van der Waals surface area contributed by atoms with Gasteiger partial charge in [0, 0.05) is 49.7 Å². The molecule has 3 N–H and O–H groups in total. The van der Waals surface area contributed by atoms with E-state index < -0.39 is 5.54 Å². The maximum Gasteiger partial charge on any atom is 0.251 e. The summed E-state index contributed by atoms with van der Waals surface area (Å²) < 4.78 is 5.54. The molecule has 200 valence electrons. The molecule has 0 spiro atoms. The van der Waals surface area contributed by atoms with Gasteiger partial charge in [-0.3, -0.25) is 14.9 Å². The first-order chi connectivity index (χ1) is 18.3. The van der Waals surface area contributed by atoms with E-state index in [1.807, 2.05) is 17.9 Å². The summed E-state index contributed by atoms with van der Waals surface area (Å²) in [4.78, 5) is 40.4. The predicted molar refractivity (Wildman–Crippen MR) is 142 cm³/mol. The summed E-state index contributed by atoms with van der Waals surface area (Å²) in [5, 5.41) is 13.7. The van der Waals surface area contributed by atoms with Gasteiger partial charge in [0.2, 0.25) is 17.8 Å². The molecule has 38 heavy (non-hydrogen) atoms. The molecule has 3 fully saturated rings. The van der Waals surface area contributed by atoms with Gasteiger partial charge in [0.25, 0.3) is 5.91 Å². The fourth-order valence-electron chi connectivity index (χ4n) is 5.35. The Kier molecular flexibility index (Phi) is 6.09. The molecule has 13 nitrogen and oxygen atoms in total. The van der Waals surface area contributed by atoms with Crippen molar-refractivity contribution in [1.82, 2.24) is 35.1 Å². The van der Waals surface area contributed by atoms with Crippen molar-refractivity contribution in [3.8, 4) is 0 Å². The number of aromatic amines is 1. The molecule has 1 unspecified atom stereocenters. The van der Waals surface area contributed by atoms with Gasteiger partial charge in [-0.25, -0.2) is 4.98 Å². The highest BCUT2D eigenvalue weighted by Gasteiger charge is 2.52. The van der Waals surface area contributed by atoms with Gasteiger partial charge in [-0.05, 0) is 31.6 Å². The summed E-state index contributed by atoms with van der Waals surface area (Å²) in [6.45, 7) is 9.36. The standard InChI is InChI=1S/C25H33N11O2/c1-24(2)14-25(3,20(37)28-19-13-26-6-7-27-19)36(15-24)23-31-21(29-18-12-17(33-34-18)16-4-5-16)30-22(32-23)35-8-10-38-11-9-35/h6-7,12-13,16H,4-5,8-11,14-15H2,1-3H3,(H,27,28,37)(H2,29,30,31,32,33,34). The maximum atomic E-state index is 13.7. The van der Waals surface area contributed by atoms with Gasteiger partial charge in [0.1, 0.15) is 5.54 Å². The van der Waals surface area contributed by atoms with Crippen LogP contribution in [0.15, 0.2) is 24.7 Å². The number of rotatable bonds is 7. The monoisotopic (exact) mass is 519 g/mol. The SMILES string of the molecule is CC1(C)CN(c2nc(Nc3cc(C4CC4)[nH]n3)nc(N3CCOCC3)n2)C(C)(C(=O)Nc2cnccn2)C1. The van der Waals surface area contributed by atoms with E-state index in [1.54, 1.807) is 12.4 Å². The third kappa shape index (κ3) is 4.97. The normalized spacial score (nSPS) is 22.9. The van der Waals surface area contributed by atoms with Crippen LogP contribution in [0.5, 0.6) is 0 Å². The molecule has 3 aromatic rings. The second-order valence-electron chi connectivity index (χ2n) is 11.2. The van der Waals surface area contributed by atoms with E-state index in [0.717, 1.165) is 5.69 Å². The fraction of sp³-hybridized carbons (Fsp3) is 0.560. The second-order valence-corrected chi connectivity index (χ2v) is 11.2. The number of morpholine rings is 1. The smallest absolute Gasteiger partial charge is 0.251 e. The van der Waals surface area contributed by atoms with Crippen molar-refractivity contribution in [1.29, 1.82) is 0 Å². The Bertz CT molecular complexity index is 1300. The van der Waals surface area contributed by atoms with Crippen LogP contribution in [0.25, 0.3) is 0 Å². The zero-order valence-electron chi connectivity index (χ0n) is 21.9. The summed E-state index contributed by atoms with van der Waals surface area (Å²) in [6.07, 6.45) is 7.63. The molecule has 0 bridgehead atoms. The lowest BCUT2D eigenvalue weighted by Gasteiger charge is -2.34. The van der Waals surface area contributed by atoms with Crippen molar-refractivity contribution in [2.75, 3.05) is 53.3 Å². The van der Waals surface area contributed by atoms with Gasteiger partial charge in [0.05, 0.1) is 19.4 Å². The zero-order chi connectivity index (χ0) is 26.3. The van der Waals surface area contributed by atoms with Crippen molar-refractivity contribution in [3.63, 3.8) is 0 Å². The van der Waals surface area contributed by atoms with E-state index in [2.05, 4.69) is 49.5 Å². The highest BCUT2D eigenvalue weighted by atomic mass is 16.5. The number of hydrogen-bond donors (Lipinski definition) is 3. The first kappa shape index (κ1) is 24.5. The topological polar surface area (TPSA) is 150 Å². The molecule has 1 aliphatic carbocycles. The highest BCUT2D eigenvalue weighted by Crippen LogP contribution is 2.44. The number of carbonyl (C=O) groups excluding carboxylic acids is 1. The van der Waals surface area contributed by atoms with Gasteiger partial charge >= 0.3 is 0 Å². The lowest BCUT2D eigenvalue weighted by molar-refractivity contribution is -0.120. The lowest BCUT2D eigenvalue weighted by atomic mass is 9.84. The fourth-order valence-corrected chi connectivity index (χ4v) is 5.35. The number of nitrogens with zero attached hydrogens (tertiary/aromatic N) is 8. The molecule has 2 saturated heterocycles. The van der Waals surface area contributed by atoms with Crippen molar-refractivity contribution in [3.05, 3.63) is 30.4 Å². The molecule has 5 heterocycles. The average Bonchev–Trinajstić information content (AvgIpc) is 3.60. The van der Waals surface area contributed by atoms with E-state index in [-0.39, 0.29) is 11.3 Å². The largest absolute Gasteiger partial charge is 0.378 e. The average molecular weight is 520 g/mol. The maximum absolute atomic E-state index is 13.7. The third-order valence-corrected chi connectivity index (χ3v) is 7.30. The van der Waals surface area contributed by atoms with Crippen molar-refractivity contribution >= 4 is 35.4 Å². The van der Waals surface area contributed by atoms with Crippen LogP contribution in [0.1, 0.15) is 51.6 Å². The number of H-pyrrole nitrogens is 1. The van der Waals surface area contributed by atoms with E-state index in [0.29, 0.717) is 74.7 Å². The molecule has 1 saturated carbocycles. The Hall–Kier alpha value is -3.87. The molecule has 0 aromatic carbocycles. The summed E-state index contributed by atoms with van der Waals surface area (Å²) in [5.41, 5.74) is 0.0347. The van der Waals surface area contributed by atoms with Crippen LogP contribution >= 0.6 is 0 Å². The number of nitrogens with one attached hydrogen (secondary N) is 3. The van der Waals surface area contributed by atoms with Gasteiger partial charge in [-0.1, -0.05) is 13.8 Å². The van der Waals surface area contributed by atoms with Gasteiger partial charge in [0.15, 0.2) is 11.6 Å². The number of hydrogen-bond acceptors (Lipinski definition) is 11. The second kappa shape index (κ2) is 9.46. The summed E-state index contributed by atoms with van der Waals surface area (Å²) >= 11 is 0. The van der Waals surface area contributed by atoms with E-state index in [9.17, 15) is 4.79 Å². The van der Waals surface area contributed by atoms with Crippen molar-refractivity contribution < 1.29 is 9.53 Å². The van der Waals surface area contributed by atoms with Gasteiger partial charge in [-0.15, -0.1) is 0 Å². The third-order valence-electron chi connectivity index (χ3n) is 7.30. The van der Waals surface area contributed by atoms with Gasteiger partial charge in [-0.2, -0.15) is 20.1 Å². The molecule has 1 amide bonds. The van der Waals surface area contributed by atoms with Crippen LogP contribution in [-0.2, 0) is 9.53 Å². The van der Waals surface area contributed by atoms with Crippen molar-refractivity contribution in [2.24, 2.45) is 5.41 Å². The minimum atomic E-state index is -0.923. The first-order valence-electron chi connectivity index (χ1n) is 13.1. The minimum absolute atomic E-state index is 0.158. The molecule has 1 atom stereocenters. The van der Waals surface area contributed by atoms with E-state index in [1.165, 1.54) is 19.0 Å². The molecule has 3 aromatic heterocycles. The van der Waals surface area contributed by atoms with Crippen LogP contribution in [0.2, 0.25) is 0 Å². The Balaban J connectivity index is 1.35. The molecular weight excluding hydrogens is 486 g/mol. The lowest BCUT2D eigenvalue weighted by Crippen LogP contribution is -2.52. The minimum Gasteiger partial charge on any atom is -0.378 e. The Labute approximate surface area is 220 Å². The quantitative estimate of drug-likeness (QED) is 0.422. The molecule has 13 heteroatoms. The number of aromatic nitrogens is 7. The summed E-state index contributed by atoms with van der Waals surface area (Å²) in [5.74, 6) is 2.78. The summed E-state index contributed by atoms with van der Waals surface area (Å²) in [7, 11) is 0. The molecule has 6 rings (SSSR count). The highest BCUT2D eigenvalue weighted by molar-refractivity contribution is 5.99. The summed E-state index contributed by atoms with van der Waals surface area (Å²) in [6, 6.07) is 2.01. The number of carbonyl (C=O) groups is 1. The number of anilines is 5. The van der Waals surface area contributed by atoms with E-state index in [4.69, 9.17) is 19.7 Å². The molecule has 3 aliphatic rings. The molecule has 2 aliphatic heterocycles. The Morgan fingerprint density at radius 3 is 2.61 bits per heavy atom. The first-order valence-corrected chi connectivity index (χ1v) is 13.1.